The van der Waals surface area contributed by atoms with E-state index in [-0.39, 0.29) is 11.9 Å². The van der Waals surface area contributed by atoms with Crippen LogP contribution >= 0.6 is 0 Å². The molecule has 0 spiro atoms. The SMILES string of the molecule is Cc1ccc(NC(N)=NCc2ccc(N3CCC(O)CC3)c(F)c2)cc1C. The van der Waals surface area contributed by atoms with E-state index in [9.17, 15) is 9.50 Å². The van der Waals surface area contributed by atoms with Crippen molar-refractivity contribution in [1.82, 2.24) is 0 Å². The van der Waals surface area contributed by atoms with Gasteiger partial charge in [-0.25, -0.2) is 9.38 Å². The Morgan fingerprint density at radius 1 is 1.19 bits per heavy atom. The van der Waals surface area contributed by atoms with Gasteiger partial charge in [-0.1, -0.05) is 12.1 Å². The molecule has 4 N–H and O–H groups in total. The molecule has 2 aromatic rings. The minimum atomic E-state index is -0.272. The van der Waals surface area contributed by atoms with E-state index in [0.717, 1.165) is 11.3 Å². The van der Waals surface area contributed by atoms with E-state index in [1.54, 1.807) is 6.07 Å². The highest BCUT2D eigenvalue weighted by Crippen LogP contribution is 2.24. The molecule has 1 fully saturated rings. The molecule has 0 amide bonds. The lowest BCUT2D eigenvalue weighted by atomic mass is 10.1. The van der Waals surface area contributed by atoms with Gasteiger partial charge in [0.2, 0.25) is 0 Å². The Bertz CT molecular complexity index is 829. The fourth-order valence-electron chi connectivity index (χ4n) is 3.20. The van der Waals surface area contributed by atoms with Crippen LogP contribution < -0.4 is 16.0 Å². The number of rotatable bonds is 4. The molecule has 0 bridgehead atoms. The summed E-state index contributed by atoms with van der Waals surface area (Å²) in [5.74, 6) is 0.0348. The molecule has 2 aromatic carbocycles. The number of nitrogens with one attached hydrogen (secondary N) is 1. The van der Waals surface area contributed by atoms with Crippen molar-refractivity contribution >= 4 is 17.3 Å². The number of aryl methyl sites for hydroxylation is 2. The van der Waals surface area contributed by atoms with Crippen LogP contribution in [0.3, 0.4) is 0 Å². The number of halogens is 1. The number of nitrogens with zero attached hydrogens (tertiary/aromatic N) is 2. The second-order valence-electron chi connectivity index (χ2n) is 7.13. The summed E-state index contributed by atoms with van der Waals surface area (Å²) in [5, 5.41) is 12.7. The van der Waals surface area contributed by atoms with Gasteiger partial charge in [-0.15, -0.1) is 0 Å². The minimum absolute atomic E-state index is 0.264. The first-order chi connectivity index (χ1) is 12.9. The van der Waals surface area contributed by atoms with Gasteiger partial charge >= 0.3 is 0 Å². The van der Waals surface area contributed by atoms with Crippen molar-refractivity contribution in [3.05, 3.63) is 58.9 Å². The number of hydrogen-bond donors (Lipinski definition) is 3. The van der Waals surface area contributed by atoms with Gasteiger partial charge in [-0.2, -0.15) is 0 Å². The third-order valence-corrected chi connectivity index (χ3v) is 5.03. The standard InChI is InChI=1S/C21H27FN4O/c1-14-3-5-17(11-15(14)2)25-21(23)24-13-16-4-6-20(19(22)12-16)26-9-7-18(27)8-10-26/h3-6,11-12,18,27H,7-10,13H2,1-2H3,(H3,23,24,25). The van der Waals surface area contributed by atoms with Gasteiger partial charge in [0.05, 0.1) is 18.3 Å². The van der Waals surface area contributed by atoms with Crippen molar-refractivity contribution in [2.45, 2.75) is 39.3 Å². The molecule has 0 aromatic heterocycles. The summed E-state index contributed by atoms with van der Waals surface area (Å²) >= 11 is 0. The lowest BCUT2D eigenvalue weighted by molar-refractivity contribution is 0.145. The topological polar surface area (TPSA) is 73.9 Å². The maximum absolute atomic E-state index is 14.5. The molecule has 5 nitrogen and oxygen atoms in total. The van der Waals surface area contributed by atoms with E-state index in [2.05, 4.69) is 17.2 Å². The van der Waals surface area contributed by atoms with Gasteiger partial charge in [0.25, 0.3) is 0 Å². The fourth-order valence-corrected chi connectivity index (χ4v) is 3.20. The first kappa shape index (κ1) is 19.2. The molecule has 3 rings (SSSR count). The molecule has 6 heteroatoms. The lowest BCUT2D eigenvalue weighted by Crippen LogP contribution is -2.36. The zero-order valence-electron chi connectivity index (χ0n) is 15.9. The van der Waals surface area contributed by atoms with Crippen LogP contribution in [0, 0.1) is 19.7 Å². The van der Waals surface area contributed by atoms with Gasteiger partial charge in [0.1, 0.15) is 5.82 Å². The number of guanidine groups is 1. The van der Waals surface area contributed by atoms with Crippen LogP contribution in [0.5, 0.6) is 0 Å². The molecule has 0 aliphatic carbocycles. The highest BCUT2D eigenvalue weighted by molar-refractivity contribution is 5.92. The molecule has 1 saturated heterocycles. The number of anilines is 2. The quantitative estimate of drug-likeness (QED) is 0.570. The second-order valence-corrected chi connectivity index (χ2v) is 7.13. The molecular weight excluding hydrogens is 343 g/mol. The Labute approximate surface area is 159 Å². The molecular formula is C21H27FN4O. The number of aliphatic hydroxyl groups excluding tert-OH is 1. The molecule has 27 heavy (non-hydrogen) atoms. The summed E-state index contributed by atoms with van der Waals surface area (Å²) in [6.45, 7) is 5.74. The van der Waals surface area contributed by atoms with Crippen LogP contribution in [0.25, 0.3) is 0 Å². The number of aliphatic hydroxyl groups is 1. The van der Waals surface area contributed by atoms with Crippen molar-refractivity contribution in [3.8, 4) is 0 Å². The molecule has 0 atom stereocenters. The van der Waals surface area contributed by atoms with Crippen LogP contribution in [0.2, 0.25) is 0 Å². The normalized spacial score (nSPS) is 15.9. The van der Waals surface area contributed by atoms with E-state index in [1.807, 2.05) is 36.1 Å². The Balaban J connectivity index is 1.62. The van der Waals surface area contributed by atoms with E-state index < -0.39 is 0 Å². The second kappa shape index (κ2) is 8.39. The Kier molecular flexibility index (Phi) is 5.96. The van der Waals surface area contributed by atoms with Gasteiger partial charge < -0.3 is 21.1 Å². The van der Waals surface area contributed by atoms with Crippen molar-refractivity contribution in [1.29, 1.82) is 0 Å². The summed E-state index contributed by atoms with van der Waals surface area (Å²) in [4.78, 5) is 6.28. The lowest BCUT2D eigenvalue weighted by Gasteiger charge is -2.31. The summed E-state index contributed by atoms with van der Waals surface area (Å²) in [6, 6.07) is 11.2. The van der Waals surface area contributed by atoms with Crippen molar-refractivity contribution in [2.24, 2.45) is 10.7 Å². The van der Waals surface area contributed by atoms with Gasteiger partial charge in [0, 0.05) is 18.8 Å². The molecule has 144 valence electrons. The van der Waals surface area contributed by atoms with E-state index in [1.165, 1.54) is 17.2 Å². The van der Waals surface area contributed by atoms with E-state index >= 15 is 0 Å². The monoisotopic (exact) mass is 370 g/mol. The average molecular weight is 370 g/mol. The summed E-state index contributed by atoms with van der Waals surface area (Å²) < 4.78 is 14.5. The highest BCUT2D eigenvalue weighted by Gasteiger charge is 2.19. The molecule has 0 saturated carbocycles. The Hall–Kier alpha value is -2.60. The van der Waals surface area contributed by atoms with Crippen LogP contribution in [-0.2, 0) is 6.54 Å². The van der Waals surface area contributed by atoms with Gasteiger partial charge in [-0.05, 0) is 67.6 Å². The summed E-state index contributed by atoms with van der Waals surface area (Å²) in [5.41, 5.74) is 10.6. The average Bonchev–Trinajstić information content (AvgIpc) is 2.64. The van der Waals surface area contributed by atoms with Crippen LogP contribution in [0.4, 0.5) is 15.8 Å². The van der Waals surface area contributed by atoms with Gasteiger partial charge in [-0.3, -0.25) is 0 Å². The minimum Gasteiger partial charge on any atom is -0.393 e. The van der Waals surface area contributed by atoms with E-state index in [0.29, 0.717) is 44.1 Å². The van der Waals surface area contributed by atoms with Crippen LogP contribution in [0.1, 0.15) is 29.5 Å². The first-order valence-corrected chi connectivity index (χ1v) is 9.28. The van der Waals surface area contributed by atoms with Gasteiger partial charge in [0.15, 0.2) is 5.96 Å². The molecule has 1 heterocycles. The maximum atomic E-state index is 14.5. The third kappa shape index (κ3) is 4.98. The predicted octanol–water partition coefficient (Wildman–Crippen LogP) is 3.33. The van der Waals surface area contributed by atoms with Crippen molar-refractivity contribution in [2.75, 3.05) is 23.3 Å². The van der Waals surface area contributed by atoms with Crippen molar-refractivity contribution < 1.29 is 9.50 Å². The molecule has 1 aliphatic rings. The van der Waals surface area contributed by atoms with Crippen LogP contribution in [-0.4, -0.2) is 30.3 Å². The largest absolute Gasteiger partial charge is 0.393 e. The molecule has 1 aliphatic heterocycles. The molecule has 0 radical (unpaired) electrons. The number of piperidine rings is 1. The number of hydrogen-bond acceptors (Lipinski definition) is 3. The number of benzene rings is 2. The Morgan fingerprint density at radius 3 is 2.59 bits per heavy atom. The number of nitrogens with two attached hydrogens (primary N) is 1. The zero-order valence-corrected chi connectivity index (χ0v) is 15.9. The maximum Gasteiger partial charge on any atom is 0.193 e. The summed E-state index contributed by atoms with van der Waals surface area (Å²) in [7, 11) is 0. The first-order valence-electron chi connectivity index (χ1n) is 9.28. The van der Waals surface area contributed by atoms with Crippen LogP contribution in [0.15, 0.2) is 41.4 Å². The van der Waals surface area contributed by atoms with Crippen molar-refractivity contribution in [3.63, 3.8) is 0 Å². The highest BCUT2D eigenvalue weighted by atomic mass is 19.1. The zero-order chi connectivity index (χ0) is 19.4. The summed E-state index contributed by atoms with van der Waals surface area (Å²) in [6.07, 6.45) is 1.07. The predicted molar refractivity (Wildman–Crippen MR) is 109 cm³/mol. The third-order valence-electron chi connectivity index (χ3n) is 5.03. The Morgan fingerprint density at radius 2 is 1.93 bits per heavy atom. The number of aliphatic imine (C=N–C) groups is 1. The molecule has 0 unspecified atom stereocenters. The fraction of sp³-hybridized carbons (Fsp3) is 0.381. The van der Waals surface area contributed by atoms with E-state index in [4.69, 9.17) is 5.73 Å². The smallest absolute Gasteiger partial charge is 0.193 e.